The zero-order valence-electron chi connectivity index (χ0n) is 9.81. The third kappa shape index (κ3) is 2.94. The lowest BCUT2D eigenvalue weighted by Crippen LogP contribution is -2.02. The van der Waals surface area contributed by atoms with Crippen LogP contribution in [0, 0.1) is 6.92 Å². The SMILES string of the molecule is Cc1ccc(NCc2ccccc2)c(C=O)c1. The Hall–Kier alpha value is -2.09. The van der Waals surface area contributed by atoms with Crippen molar-refractivity contribution in [2.75, 3.05) is 5.32 Å². The van der Waals surface area contributed by atoms with Crippen molar-refractivity contribution in [2.45, 2.75) is 13.5 Å². The average Bonchev–Trinajstić information content (AvgIpc) is 2.38. The van der Waals surface area contributed by atoms with Crippen LogP contribution in [-0.4, -0.2) is 6.29 Å². The molecule has 0 atom stereocenters. The molecule has 0 aliphatic heterocycles. The minimum atomic E-state index is 0.709. The summed E-state index contributed by atoms with van der Waals surface area (Å²) >= 11 is 0. The van der Waals surface area contributed by atoms with Crippen LogP contribution in [-0.2, 0) is 6.54 Å². The molecule has 0 fully saturated rings. The fraction of sp³-hybridized carbons (Fsp3) is 0.133. The molecule has 0 amide bonds. The van der Waals surface area contributed by atoms with Crippen molar-refractivity contribution in [1.29, 1.82) is 0 Å². The van der Waals surface area contributed by atoms with Crippen LogP contribution in [0.2, 0.25) is 0 Å². The highest BCUT2D eigenvalue weighted by Gasteiger charge is 2.01. The number of carbonyl (C=O) groups excluding carboxylic acids is 1. The maximum Gasteiger partial charge on any atom is 0.152 e. The van der Waals surface area contributed by atoms with Crippen LogP contribution < -0.4 is 5.32 Å². The van der Waals surface area contributed by atoms with Gasteiger partial charge in [-0.25, -0.2) is 0 Å². The highest BCUT2D eigenvalue weighted by molar-refractivity contribution is 5.84. The minimum Gasteiger partial charge on any atom is -0.380 e. The Morgan fingerprint density at radius 1 is 1.12 bits per heavy atom. The summed E-state index contributed by atoms with van der Waals surface area (Å²) in [6.45, 7) is 2.71. The van der Waals surface area contributed by atoms with Gasteiger partial charge < -0.3 is 5.32 Å². The number of carbonyl (C=O) groups is 1. The van der Waals surface area contributed by atoms with Crippen LogP contribution in [0.1, 0.15) is 21.5 Å². The van der Waals surface area contributed by atoms with E-state index in [0.29, 0.717) is 5.56 Å². The predicted octanol–water partition coefficient (Wildman–Crippen LogP) is 3.42. The molecular formula is C15H15NO. The van der Waals surface area contributed by atoms with Crippen molar-refractivity contribution in [1.82, 2.24) is 0 Å². The van der Waals surface area contributed by atoms with Crippen molar-refractivity contribution in [3.05, 3.63) is 65.2 Å². The first-order valence-corrected chi connectivity index (χ1v) is 5.63. The molecule has 2 rings (SSSR count). The van der Waals surface area contributed by atoms with Gasteiger partial charge in [-0.05, 0) is 24.6 Å². The van der Waals surface area contributed by atoms with Gasteiger partial charge in [-0.15, -0.1) is 0 Å². The summed E-state index contributed by atoms with van der Waals surface area (Å²) in [4.78, 5) is 11.0. The van der Waals surface area contributed by atoms with Crippen LogP contribution in [0.4, 0.5) is 5.69 Å². The van der Waals surface area contributed by atoms with Crippen LogP contribution >= 0.6 is 0 Å². The summed E-state index contributed by atoms with van der Waals surface area (Å²) < 4.78 is 0. The topological polar surface area (TPSA) is 29.1 Å². The Kier molecular flexibility index (Phi) is 3.55. The predicted molar refractivity (Wildman–Crippen MR) is 70.3 cm³/mol. The number of benzene rings is 2. The van der Waals surface area contributed by atoms with E-state index in [-0.39, 0.29) is 0 Å². The van der Waals surface area contributed by atoms with E-state index in [2.05, 4.69) is 17.4 Å². The molecule has 1 N–H and O–H groups in total. The standard InChI is InChI=1S/C15H15NO/c1-12-7-8-15(14(9-12)11-17)16-10-13-5-3-2-4-6-13/h2-9,11,16H,10H2,1H3. The maximum atomic E-state index is 11.0. The van der Waals surface area contributed by atoms with Gasteiger partial charge >= 0.3 is 0 Å². The Bertz CT molecular complexity index is 506. The molecule has 2 aromatic carbocycles. The van der Waals surface area contributed by atoms with E-state index in [1.54, 1.807) is 0 Å². The Morgan fingerprint density at radius 2 is 1.88 bits per heavy atom. The quantitative estimate of drug-likeness (QED) is 0.808. The second kappa shape index (κ2) is 5.30. The maximum absolute atomic E-state index is 11.0. The van der Waals surface area contributed by atoms with E-state index in [9.17, 15) is 4.79 Å². The zero-order chi connectivity index (χ0) is 12.1. The van der Waals surface area contributed by atoms with Crippen LogP contribution in [0.3, 0.4) is 0 Å². The third-order valence-corrected chi connectivity index (χ3v) is 2.66. The monoisotopic (exact) mass is 225 g/mol. The molecule has 0 spiro atoms. The number of hydrogen-bond donors (Lipinski definition) is 1. The van der Waals surface area contributed by atoms with E-state index in [1.165, 1.54) is 5.56 Å². The molecule has 2 aromatic rings. The van der Waals surface area contributed by atoms with Crippen molar-refractivity contribution in [2.24, 2.45) is 0 Å². The first-order valence-electron chi connectivity index (χ1n) is 5.63. The second-order valence-electron chi connectivity index (χ2n) is 4.05. The lowest BCUT2D eigenvalue weighted by atomic mass is 10.1. The first kappa shape index (κ1) is 11.4. The van der Waals surface area contributed by atoms with Gasteiger partial charge in [0.25, 0.3) is 0 Å². The molecular weight excluding hydrogens is 210 g/mol. The normalized spacial score (nSPS) is 9.94. The summed E-state index contributed by atoms with van der Waals surface area (Å²) in [5, 5.41) is 3.28. The molecule has 0 saturated carbocycles. The third-order valence-electron chi connectivity index (χ3n) is 2.66. The van der Waals surface area contributed by atoms with Gasteiger partial charge in [0.05, 0.1) is 0 Å². The molecule has 0 aliphatic carbocycles. The largest absolute Gasteiger partial charge is 0.380 e. The smallest absolute Gasteiger partial charge is 0.152 e. The number of aldehydes is 1. The molecule has 2 heteroatoms. The van der Waals surface area contributed by atoms with Gasteiger partial charge in [-0.2, -0.15) is 0 Å². The molecule has 2 nitrogen and oxygen atoms in total. The fourth-order valence-corrected chi connectivity index (χ4v) is 1.73. The highest BCUT2D eigenvalue weighted by Crippen LogP contribution is 2.16. The van der Waals surface area contributed by atoms with Gasteiger partial charge in [0, 0.05) is 17.8 Å². The lowest BCUT2D eigenvalue weighted by Gasteiger charge is -2.09. The summed E-state index contributed by atoms with van der Waals surface area (Å²) in [5.74, 6) is 0. The number of hydrogen-bond acceptors (Lipinski definition) is 2. The van der Waals surface area contributed by atoms with Crippen molar-refractivity contribution in [3.8, 4) is 0 Å². The summed E-state index contributed by atoms with van der Waals surface area (Å²) in [7, 11) is 0. The summed E-state index contributed by atoms with van der Waals surface area (Å²) in [6, 6.07) is 16.0. The van der Waals surface area contributed by atoms with E-state index in [1.807, 2.05) is 43.3 Å². The first-order chi connectivity index (χ1) is 8.29. The molecule has 17 heavy (non-hydrogen) atoms. The molecule has 0 aliphatic rings. The molecule has 0 bridgehead atoms. The molecule has 0 radical (unpaired) electrons. The fourth-order valence-electron chi connectivity index (χ4n) is 1.73. The van der Waals surface area contributed by atoms with E-state index in [0.717, 1.165) is 24.1 Å². The number of aryl methyl sites for hydroxylation is 1. The highest BCUT2D eigenvalue weighted by atomic mass is 16.1. The van der Waals surface area contributed by atoms with Gasteiger partial charge in [0.1, 0.15) is 0 Å². The van der Waals surface area contributed by atoms with Crippen LogP contribution in [0.15, 0.2) is 48.5 Å². The van der Waals surface area contributed by atoms with Gasteiger partial charge in [0.15, 0.2) is 6.29 Å². The van der Waals surface area contributed by atoms with Crippen molar-refractivity contribution < 1.29 is 4.79 Å². The molecule has 0 saturated heterocycles. The Balaban J connectivity index is 2.11. The molecule has 86 valence electrons. The average molecular weight is 225 g/mol. The summed E-state index contributed by atoms with van der Waals surface area (Å²) in [6.07, 6.45) is 0.889. The summed E-state index contributed by atoms with van der Waals surface area (Å²) in [5.41, 5.74) is 3.89. The van der Waals surface area contributed by atoms with Gasteiger partial charge in [0.2, 0.25) is 0 Å². The lowest BCUT2D eigenvalue weighted by molar-refractivity contribution is 0.112. The van der Waals surface area contributed by atoms with Crippen molar-refractivity contribution in [3.63, 3.8) is 0 Å². The molecule has 0 aromatic heterocycles. The van der Waals surface area contributed by atoms with Crippen LogP contribution in [0.5, 0.6) is 0 Å². The van der Waals surface area contributed by atoms with Gasteiger partial charge in [-0.1, -0.05) is 42.0 Å². The Morgan fingerprint density at radius 3 is 2.59 bits per heavy atom. The molecule has 0 unspecified atom stereocenters. The number of anilines is 1. The minimum absolute atomic E-state index is 0.709. The number of rotatable bonds is 4. The van der Waals surface area contributed by atoms with E-state index >= 15 is 0 Å². The van der Waals surface area contributed by atoms with E-state index < -0.39 is 0 Å². The Labute approximate surface area is 101 Å². The number of nitrogens with one attached hydrogen (secondary N) is 1. The van der Waals surface area contributed by atoms with Crippen LogP contribution in [0.25, 0.3) is 0 Å². The molecule has 0 heterocycles. The zero-order valence-corrected chi connectivity index (χ0v) is 9.81. The second-order valence-corrected chi connectivity index (χ2v) is 4.05. The van der Waals surface area contributed by atoms with E-state index in [4.69, 9.17) is 0 Å². The van der Waals surface area contributed by atoms with Crippen molar-refractivity contribution >= 4 is 12.0 Å². The van der Waals surface area contributed by atoms with Gasteiger partial charge in [-0.3, -0.25) is 4.79 Å².